The number of fused-ring (bicyclic) bond motifs is 2. The van der Waals surface area contributed by atoms with Crippen LogP contribution in [0.2, 0.25) is 10.0 Å². The van der Waals surface area contributed by atoms with Gasteiger partial charge in [-0.05, 0) is 52.8 Å². The number of para-hydroxylation sites is 1. The first-order chi connectivity index (χ1) is 20.5. The zero-order valence-corrected chi connectivity index (χ0v) is 25.1. The predicted molar refractivity (Wildman–Crippen MR) is 173 cm³/mol. The molecule has 0 aliphatic carbocycles. The van der Waals surface area contributed by atoms with Crippen LogP contribution in [0.4, 0.5) is 0 Å². The average Bonchev–Trinajstić information content (AvgIpc) is 3.03. The van der Waals surface area contributed by atoms with E-state index < -0.39 is 0 Å². The van der Waals surface area contributed by atoms with E-state index in [2.05, 4.69) is 71.7 Å². The minimum atomic E-state index is -0.0367. The van der Waals surface area contributed by atoms with E-state index in [-0.39, 0.29) is 24.4 Å². The number of hydrogen-bond acceptors (Lipinski definition) is 4. The lowest BCUT2D eigenvalue weighted by Crippen LogP contribution is -2.50. The standard InChI is InChI=1S/C36H33Cl2N3O/c1-24(27-16-17-30(37)31(38)21-27)20-35(39-22-34(42)25-10-4-2-5-11-25)41-19-18-33-29(23-41)36(26-12-6-3-7-13-26)28-14-8-9-15-32(28)40-33/h2-17,21,24,35,39H,18-20,22-23H2,1H3. The molecule has 4 nitrogen and oxygen atoms in total. The fourth-order valence-electron chi connectivity index (χ4n) is 6.00. The molecule has 5 aromatic rings. The maximum atomic E-state index is 13.1. The highest BCUT2D eigenvalue weighted by molar-refractivity contribution is 6.42. The second kappa shape index (κ2) is 12.8. The molecule has 6 heteroatoms. The molecule has 0 saturated heterocycles. The third-order valence-corrected chi connectivity index (χ3v) is 9.00. The van der Waals surface area contributed by atoms with Gasteiger partial charge < -0.3 is 0 Å². The number of benzene rings is 4. The second-order valence-corrected chi connectivity index (χ2v) is 11.8. The fourth-order valence-corrected chi connectivity index (χ4v) is 6.31. The average molecular weight is 595 g/mol. The molecule has 0 radical (unpaired) electrons. The molecule has 0 amide bonds. The number of halogens is 2. The lowest BCUT2D eigenvalue weighted by molar-refractivity contribution is 0.0935. The summed E-state index contributed by atoms with van der Waals surface area (Å²) in [5, 5.41) is 5.91. The molecule has 1 aliphatic rings. The first kappa shape index (κ1) is 28.6. The molecular formula is C36H33Cl2N3O. The van der Waals surface area contributed by atoms with Crippen molar-refractivity contribution in [3.8, 4) is 11.1 Å². The summed E-state index contributed by atoms with van der Waals surface area (Å²) in [5.74, 6) is 0.270. The van der Waals surface area contributed by atoms with Crippen molar-refractivity contribution >= 4 is 39.9 Å². The Hall–Kier alpha value is -3.54. The second-order valence-electron chi connectivity index (χ2n) is 11.0. The van der Waals surface area contributed by atoms with E-state index in [1.165, 1.54) is 16.7 Å². The smallest absolute Gasteiger partial charge is 0.176 e. The van der Waals surface area contributed by atoms with Crippen LogP contribution in [0.1, 0.15) is 46.4 Å². The van der Waals surface area contributed by atoms with E-state index in [0.29, 0.717) is 15.6 Å². The first-order valence-electron chi connectivity index (χ1n) is 14.4. The van der Waals surface area contributed by atoms with Crippen LogP contribution in [0.3, 0.4) is 0 Å². The number of nitrogens with one attached hydrogen (secondary N) is 1. The summed E-state index contributed by atoms with van der Waals surface area (Å²) in [6.45, 7) is 4.05. The van der Waals surface area contributed by atoms with E-state index in [1.54, 1.807) is 0 Å². The molecule has 1 N–H and O–H groups in total. The van der Waals surface area contributed by atoms with E-state index in [4.69, 9.17) is 28.2 Å². The summed E-state index contributed by atoms with van der Waals surface area (Å²) < 4.78 is 0. The van der Waals surface area contributed by atoms with Gasteiger partial charge in [-0.3, -0.25) is 20.0 Å². The van der Waals surface area contributed by atoms with E-state index in [0.717, 1.165) is 48.1 Å². The summed E-state index contributed by atoms with van der Waals surface area (Å²) in [7, 11) is 0. The minimum absolute atomic E-state index is 0.0367. The van der Waals surface area contributed by atoms with Crippen LogP contribution in [0.5, 0.6) is 0 Å². The van der Waals surface area contributed by atoms with Crippen molar-refractivity contribution in [2.45, 2.75) is 38.4 Å². The first-order valence-corrected chi connectivity index (χ1v) is 15.2. The molecule has 6 rings (SSSR count). The zero-order valence-electron chi connectivity index (χ0n) is 23.6. The van der Waals surface area contributed by atoms with Gasteiger partial charge in [-0.2, -0.15) is 0 Å². The van der Waals surface area contributed by atoms with Crippen LogP contribution in [0.15, 0.2) is 103 Å². The van der Waals surface area contributed by atoms with Crippen LogP contribution >= 0.6 is 23.2 Å². The number of aromatic nitrogens is 1. The normalized spacial score (nSPS) is 14.8. The quantitative estimate of drug-likeness (QED) is 0.174. The van der Waals surface area contributed by atoms with Gasteiger partial charge >= 0.3 is 0 Å². The Bertz CT molecular complexity index is 1710. The highest BCUT2D eigenvalue weighted by Crippen LogP contribution is 2.37. The van der Waals surface area contributed by atoms with Gasteiger partial charge in [-0.25, -0.2) is 0 Å². The van der Waals surface area contributed by atoms with E-state index >= 15 is 0 Å². The van der Waals surface area contributed by atoms with Gasteiger partial charge in [0.25, 0.3) is 0 Å². The highest BCUT2D eigenvalue weighted by atomic mass is 35.5. The lowest BCUT2D eigenvalue weighted by Gasteiger charge is -2.38. The predicted octanol–water partition coefficient (Wildman–Crippen LogP) is 8.56. The lowest BCUT2D eigenvalue weighted by atomic mass is 9.90. The zero-order chi connectivity index (χ0) is 29.1. The van der Waals surface area contributed by atoms with Gasteiger partial charge in [0, 0.05) is 36.2 Å². The fraction of sp³-hybridized carbons (Fsp3) is 0.222. The third kappa shape index (κ3) is 6.13. The van der Waals surface area contributed by atoms with Gasteiger partial charge in [0.2, 0.25) is 0 Å². The molecule has 1 aliphatic heterocycles. The molecule has 0 bridgehead atoms. The Morgan fingerprint density at radius 1 is 0.905 bits per heavy atom. The Labute approximate surface area is 257 Å². The van der Waals surface area contributed by atoms with Crippen LogP contribution in [0.25, 0.3) is 22.0 Å². The molecule has 2 atom stereocenters. The van der Waals surface area contributed by atoms with Crippen molar-refractivity contribution in [1.29, 1.82) is 0 Å². The highest BCUT2D eigenvalue weighted by Gasteiger charge is 2.29. The molecule has 1 aromatic heterocycles. The van der Waals surface area contributed by atoms with Crippen molar-refractivity contribution in [2.24, 2.45) is 0 Å². The summed E-state index contributed by atoms with van der Waals surface area (Å²) in [6, 6.07) is 34.4. The van der Waals surface area contributed by atoms with Crippen molar-refractivity contribution in [3.05, 3.63) is 136 Å². The van der Waals surface area contributed by atoms with E-state index in [9.17, 15) is 4.79 Å². The number of carbonyl (C=O) groups is 1. The molecule has 0 fully saturated rings. The molecule has 42 heavy (non-hydrogen) atoms. The van der Waals surface area contributed by atoms with Gasteiger partial charge in [0.1, 0.15) is 0 Å². The molecule has 4 aromatic carbocycles. The Kier molecular flexibility index (Phi) is 8.68. The van der Waals surface area contributed by atoms with Crippen LogP contribution in [-0.2, 0) is 13.0 Å². The topological polar surface area (TPSA) is 45.2 Å². The number of ketones is 1. The maximum Gasteiger partial charge on any atom is 0.176 e. The Morgan fingerprint density at radius 3 is 2.38 bits per heavy atom. The largest absolute Gasteiger partial charge is 0.294 e. The van der Waals surface area contributed by atoms with Gasteiger partial charge in [-0.1, -0.05) is 115 Å². The van der Waals surface area contributed by atoms with Crippen molar-refractivity contribution in [3.63, 3.8) is 0 Å². The monoisotopic (exact) mass is 593 g/mol. The van der Waals surface area contributed by atoms with Gasteiger partial charge in [0.15, 0.2) is 5.78 Å². The molecule has 0 saturated carbocycles. The summed E-state index contributed by atoms with van der Waals surface area (Å²) in [5.41, 5.74) is 7.72. The van der Waals surface area contributed by atoms with Gasteiger partial charge in [-0.15, -0.1) is 0 Å². The van der Waals surface area contributed by atoms with Crippen molar-refractivity contribution < 1.29 is 4.79 Å². The minimum Gasteiger partial charge on any atom is -0.294 e. The molecule has 212 valence electrons. The number of pyridine rings is 1. The van der Waals surface area contributed by atoms with Crippen molar-refractivity contribution in [2.75, 3.05) is 13.1 Å². The Balaban J connectivity index is 1.33. The third-order valence-electron chi connectivity index (χ3n) is 8.26. The molecule has 0 spiro atoms. The van der Waals surface area contributed by atoms with Crippen molar-refractivity contribution in [1.82, 2.24) is 15.2 Å². The van der Waals surface area contributed by atoms with E-state index in [1.807, 2.05) is 48.5 Å². The number of rotatable bonds is 9. The van der Waals surface area contributed by atoms with Crippen LogP contribution in [0, 0.1) is 0 Å². The Morgan fingerprint density at radius 2 is 1.62 bits per heavy atom. The summed E-state index contributed by atoms with van der Waals surface area (Å²) in [4.78, 5) is 20.7. The maximum absolute atomic E-state index is 13.1. The number of hydrogen-bond donors (Lipinski definition) is 1. The number of nitrogens with zero attached hydrogens (tertiary/aromatic N) is 2. The van der Waals surface area contributed by atoms with Crippen LogP contribution in [-0.4, -0.2) is 34.9 Å². The number of carbonyl (C=O) groups excluding carboxylic acids is 1. The van der Waals surface area contributed by atoms with Crippen LogP contribution < -0.4 is 5.32 Å². The summed E-state index contributed by atoms with van der Waals surface area (Å²) in [6.07, 6.45) is 1.61. The number of Topliss-reactive ketones (excluding diaryl/α,β-unsaturated/α-hetero) is 1. The molecule has 2 heterocycles. The SMILES string of the molecule is CC(CC(NCC(=O)c1ccccc1)N1CCc2nc3ccccc3c(-c3ccccc3)c2C1)c1ccc(Cl)c(Cl)c1. The van der Waals surface area contributed by atoms with Gasteiger partial charge in [0.05, 0.1) is 28.3 Å². The molecular weight excluding hydrogens is 561 g/mol. The summed E-state index contributed by atoms with van der Waals surface area (Å²) >= 11 is 12.6. The molecule has 2 unspecified atom stereocenters.